The number of likely N-dealkylation sites (tertiary alicyclic amines) is 1. The number of ether oxygens (including phenoxy) is 1. The Morgan fingerprint density at radius 2 is 1.75 bits per heavy atom. The summed E-state index contributed by atoms with van der Waals surface area (Å²) in [4.78, 5) is 38.5. The van der Waals surface area contributed by atoms with Gasteiger partial charge in [-0.3, -0.25) is 19.8 Å². The maximum atomic E-state index is 15.4. The molecule has 64 heavy (non-hydrogen) atoms. The first kappa shape index (κ1) is 45.3. The number of sulfonamides is 1. The number of piperazine rings is 1. The van der Waals surface area contributed by atoms with E-state index >= 15 is 4.39 Å². The van der Waals surface area contributed by atoms with E-state index in [2.05, 4.69) is 38.9 Å². The second-order valence-electron chi connectivity index (χ2n) is 18.7. The second kappa shape index (κ2) is 17.6. The van der Waals surface area contributed by atoms with E-state index in [1.165, 1.54) is 29.5 Å². The minimum Gasteiger partial charge on any atom is -0.455 e. The summed E-state index contributed by atoms with van der Waals surface area (Å²) in [6.07, 6.45) is 2.53. The molecular formula is C45H54F4N8O6S. The number of nitro benzene ring substituents is 1. The quantitative estimate of drug-likeness (QED) is 0.0510. The first-order valence-electron chi connectivity index (χ1n) is 21.7. The summed E-state index contributed by atoms with van der Waals surface area (Å²) in [5.41, 5.74) is 1.50. The summed E-state index contributed by atoms with van der Waals surface area (Å²) < 4.78 is 91.3. The van der Waals surface area contributed by atoms with Crippen molar-refractivity contribution in [3.05, 3.63) is 87.7 Å². The summed E-state index contributed by atoms with van der Waals surface area (Å²) in [6, 6.07) is 11.5. The number of aromatic nitrogens is 2. The number of amides is 1. The molecule has 1 saturated carbocycles. The number of allylic oxidation sites excluding steroid dienone is 1. The second-order valence-corrected chi connectivity index (χ2v) is 20.4. The van der Waals surface area contributed by atoms with Crippen LogP contribution in [0.1, 0.15) is 69.2 Å². The standard InChI is InChI=1S/C45H54F4N8O6S/c1-43(2)10-8-30(37(25-43)31-20-32(21-31)45(47,48)49)27-55-16-18-56(19-17-55)33-4-6-36(40(23-33)63-34-22-29-9-13-50-41(29)51-26-34)42(58)53-64(61,62)35-5-7-38(39(24-35)57(59)60)52-28-44(46)11-14-54(3)15-12-44/h4-7,9,13,22-24,26,31-32,52H,8,10-12,14-21,25,27-28H2,1-3H3,(H,50,51)(H,53,58). The van der Waals surface area contributed by atoms with Gasteiger partial charge >= 0.3 is 6.18 Å². The highest BCUT2D eigenvalue weighted by atomic mass is 32.2. The van der Waals surface area contributed by atoms with Gasteiger partial charge in [0.25, 0.3) is 21.6 Å². The molecule has 0 bridgehead atoms. The van der Waals surface area contributed by atoms with E-state index in [1.54, 1.807) is 30.5 Å². The van der Waals surface area contributed by atoms with Gasteiger partial charge < -0.3 is 24.8 Å². The normalized spacial score (nSPS) is 22.0. The summed E-state index contributed by atoms with van der Waals surface area (Å²) in [6.45, 7) is 8.56. The van der Waals surface area contributed by atoms with E-state index in [4.69, 9.17) is 4.74 Å². The Kier molecular flexibility index (Phi) is 12.5. The molecule has 19 heteroatoms. The predicted octanol–water partition coefficient (Wildman–Crippen LogP) is 8.45. The van der Waals surface area contributed by atoms with E-state index in [9.17, 15) is 36.5 Å². The summed E-state index contributed by atoms with van der Waals surface area (Å²) in [7, 11) is -2.78. The maximum absolute atomic E-state index is 15.4. The van der Waals surface area contributed by atoms with Crippen LogP contribution in [0.15, 0.2) is 77.0 Å². The van der Waals surface area contributed by atoms with Crippen LogP contribution in [0.2, 0.25) is 0 Å². The van der Waals surface area contributed by atoms with Crippen molar-refractivity contribution < 1.29 is 40.4 Å². The van der Waals surface area contributed by atoms with Crippen molar-refractivity contribution in [2.45, 2.75) is 75.5 Å². The first-order chi connectivity index (χ1) is 30.2. The molecule has 2 aromatic carbocycles. The highest BCUT2D eigenvalue weighted by Gasteiger charge is 2.50. The largest absolute Gasteiger partial charge is 0.455 e. The molecule has 0 unspecified atom stereocenters. The van der Waals surface area contributed by atoms with Gasteiger partial charge in [-0.15, -0.1) is 0 Å². The molecule has 2 aliphatic carbocycles. The lowest BCUT2D eigenvalue weighted by molar-refractivity contribution is -0.384. The van der Waals surface area contributed by atoms with Crippen molar-refractivity contribution in [1.82, 2.24) is 24.5 Å². The molecule has 344 valence electrons. The monoisotopic (exact) mass is 910 g/mol. The zero-order valence-electron chi connectivity index (χ0n) is 36.1. The number of carbonyl (C=O) groups excluding carboxylic acids is 1. The fourth-order valence-corrected chi connectivity index (χ4v) is 10.3. The van der Waals surface area contributed by atoms with Crippen LogP contribution < -0.4 is 19.7 Å². The number of alkyl halides is 4. The Morgan fingerprint density at radius 1 is 1.02 bits per heavy atom. The van der Waals surface area contributed by atoms with Crippen molar-refractivity contribution in [3.63, 3.8) is 0 Å². The lowest BCUT2D eigenvalue weighted by Gasteiger charge is -2.45. The lowest BCUT2D eigenvalue weighted by atomic mass is 9.63. The zero-order chi connectivity index (χ0) is 45.6. The van der Waals surface area contributed by atoms with Gasteiger partial charge in [0.2, 0.25) is 0 Å². The molecule has 1 amide bonds. The summed E-state index contributed by atoms with van der Waals surface area (Å²) >= 11 is 0. The molecule has 4 aromatic rings. The van der Waals surface area contributed by atoms with Crippen LogP contribution in [-0.2, 0) is 10.0 Å². The van der Waals surface area contributed by atoms with E-state index in [0.29, 0.717) is 57.1 Å². The zero-order valence-corrected chi connectivity index (χ0v) is 37.0. The number of hydrogen-bond donors (Lipinski definition) is 3. The number of H-pyrrole nitrogens is 1. The Hall–Kier alpha value is -5.27. The number of aromatic amines is 1. The number of piperidine rings is 1. The number of nitrogens with one attached hydrogen (secondary N) is 3. The third-order valence-corrected chi connectivity index (χ3v) is 14.8. The first-order valence-corrected chi connectivity index (χ1v) is 23.2. The number of rotatable bonds is 13. The van der Waals surface area contributed by atoms with E-state index < -0.39 is 49.2 Å². The number of fused-ring (bicyclic) bond motifs is 1. The number of anilines is 2. The Bertz CT molecular complexity index is 2540. The van der Waals surface area contributed by atoms with Gasteiger partial charge in [-0.05, 0) is 99.7 Å². The summed E-state index contributed by atoms with van der Waals surface area (Å²) in [5, 5.41) is 15.6. The van der Waals surface area contributed by atoms with Crippen molar-refractivity contribution >= 4 is 44.0 Å². The molecule has 4 aliphatic rings. The minimum atomic E-state index is -4.67. The molecule has 0 radical (unpaired) electrons. The van der Waals surface area contributed by atoms with E-state index in [0.717, 1.165) is 36.8 Å². The molecule has 0 spiro atoms. The fourth-order valence-electron chi connectivity index (χ4n) is 9.34. The van der Waals surface area contributed by atoms with Crippen LogP contribution in [0.25, 0.3) is 11.0 Å². The van der Waals surface area contributed by atoms with Crippen LogP contribution in [0.3, 0.4) is 0 Å². The van der Waals surface area contributed by atoms with Gasteiger partial charge in [0.05, 0.1) is 27.5 Å². The van der Waals surface area contributed by atoms with Gasteiger partial charge in [-0.2, -0.15) is 13.2 Å². The minimum absolute atomic E-state index is 0.0218. The van der Waals surface area contributed by atoms with Gasteiger partial charge in [0.15, 0.2) is 0 Å². The van der Waals surface area contributed by atoms with E-state index in [1.807, 2.05) is 16.7 Å². The smallest absolute Gasteiger partial charge is 0.391 e. The van der Waals surface area contributed by atoms with Crippen molar-refractivity contribution in [2.24, 2.45) is 17.3 Å². The number of carbonyl (C=O) groups is 1. The molecule has 2 aliphatic heterocycles. The van der Waals surface area contributed by atoms with Crippen molar-refractivity contribution in [1.29, 1.82) is 0 Å². The molecular weight excluding hydrogens is 857 g/mol. The average Bonchev–Trinajstić information content (AvgIpc) is 3.69. The molecule has 3 N–H and O–H groups in total. The number of nitro groups is 1. The average molecular weight is 911 g/mol. The highest BCUT2D eigenvalue weighted by molar-refractivity contribution is 7.90. The van der Waals surface area contributed by atoms with Crippen LogP contribution in [-0.4, -0.2) is 110 Å². The number of nitrogens with zero attached hydrogens (tertiary/aromatic N) is 5. The Labute approximate surface area is 369 Å². The molecule has 14 nitrogen and oxygen atoms in total. The van der Waals surface area contributed by atoms with Crippen molar-refractivity contribution in [3.8, 4) is 11.5 Å². The Morgan fingerprint density at radius 3 is 2.45 bits per heavy atom. The third-order valence-electron chi connectivity index (χ3n) is 13.5. The predicted molar refractivity (Wildman–Crippen MR) is 235 cm³/mol. The van der Waals surface area contributed by atoms with Crippen LogP contribution in [0.4, 0.5) is 34.6 Å². The number of pyridine rings is 1. The van der Waals surface area contributed by atoms with Crippen molar-refractivity contribution in [2.75, 3.05) is 69.6 Å². The maximum Gasteiger partial charge on any atom is 0.391 e. The van der Waals surface area contributed by atoms with Gasteiger partial charge in [-0.25, -0.2) is 22.5 Å². The molecule has 0 atom stereocenters. The van der Waals surface area contributed by atoms with Crippen LogP contribution in [0.5, 0.6) is 11.5 Å². The molecule has 2 aromatic heterocycles. The van der Waals surface area contributed by atoms with Crippen LogP contribution >= 0.6 is 0 Å². The Balaban J connectivity index is 0.984. The molecule has 4 heterocycles. The molecule has 2 saturated heterocycles. The molecule has 3 fully saturated rings. The van der Waals surface area contributed by atoms with E-state index in [-0.39, 0.29) is 66.3 Å². The fraction of sp³-hybridized carbons (Fsp3) is 0.511. The third kappa shape index (κ3) is 10.2. The SMILES string of the molecule is CN1CCC(F)(CNc2ccc(S(=O)(=O)NC(=O)c3ccc(N4CCN(CC5=C(C6CC(C(F)(F)F)C6)CC(C)(C)CC5)CC4)cc3Oc3cnc4[nH]ccc4c3)cc2[N+](=O)[O-])CC1. The highest BCUT2D eigenvalue weighted by Crippen LogP contribution is 2.53. The number of hydrogen-bond acceptors (Lipinski definition) is 11. The van der Waals surface area contributed by atoms with Gasteiger partial charge in [-0.1, -0.05) is 25.0 Å². The number of benzene rings is 2. The topological polar surface area (TPSA) is 166 Å². The lowest BCUT2D eigenvalue weighted by Crippen LogP contribution is -2.47. The summed E-state index contributed by atoms with van der Waals surface area (Å²) in [5.74, 6) is -1.96. The van der Waals surface area contributed by atoms with Gasteiger partial charge in [0.1, 0.15) is 28.5 Å². The number of halogens is 4. The molecule has 8 rings (SSSR count). The van der Waals surface area contributed by atoms with Gasteiger partial charge in [0, 0.05) is 81.8 Å². The van der Waals surface area contributed by atoms with Crippen LogP contribution in [0, 0.1) is 27.4 Å².